The number of hydrogen-bond acceptors (Lipinski definition) is 6. The monoisotopic (exact) mass is 419 g/mol. The van der Waals surface area contributed by atoms with E-state index in [4.69, 9.17) is 4.74 Å². The molecular formula is C20H25N3O5S. The van der Waals surface area contributed by atoms with Crippen LogP contribution in [0.3, 0.4) is 0 Å². The Balaban J connectivity index is 1.75. The van der Waals surface area contributed by atoms with Gasteiger partial charge in [-0.25, -0.2) is 0 Å². The summed E-state index contributed by atoms with van der Waals surface area (Å²) in [4.78, 5) is 38.5. The average Bonchev–Trinajstić information content (AvgIpc) is 3.18. The molecule has 156 valence electrons. The largest absolute Gasteiger partial charge is 0.476 e. The highest BCUT2D eigenvalue weighted by Gasteiger charge is 2.42. The number of nitro groups is 1. The summed E-state index contributed by atoms with van der Waals surface area (Å²) in [6, 6.07) is 5.70. The number of thioether (sulfide) groups is 1. The lowest BCUT2D eigenvalue weighted by atomic mass is 10.0. The molecule has 29 heavy (non-hydrogen) atoms. The van der Waals surface area contributed by atoms with Crippen LogP contribution in [0, 0.1) is 10.1 Å². The Labute approximate surface area is 173 Å². The summed E-state index contributed by atoms with van der Waals surface area (Å²) in [6.45, 7) is 5.04. The Kier molecular flexibility index (Phi) is 6.16. The molecule has 1 fully saturated rings. The molecule has 0 unspecified atom stereocenters. The van der Waals surface area contributed by atoms with Gasteiger partial charge < -0.3 is 10.1 Å². The van der Waals surface area contributed by atoms with Gasteiger partial charge in [-0.15, -0.1) is 11.8 Å². The van der Waals surface area contributed by atoms with Crippen LogP contribution in [0.4, 0.5) is 11.4 Å². The molecule has 1 heterocycles. The van der Waals surface area contributed by atoms with Crippen LogP contribution in [0.15, 0.2) is 34.9 Å². The summed E-state index contributed by atoms with van der Waals surface area (Å²) in [5, 5.41) is 14.0. The fourth-order valence-corrected chi connectivity index (χ4v) is 4.72. The summed E-state index contributed by atoms with van der Waals surface area (Å²) < 4.78 is 5.72. The van der Waals surface area contributed by atoms with Gasteiger partial charge in [0.25, 0.3) is 11.6 Å². The second kappa shape index (κ2) is 8.44. The van der Waals surface area contributed by atoms with Crippen molar-refractivity contribution in [3.8, 4) is 0 Å². The lowest BCUT2D eigenvalue weighted by molar-refractivity contribution is -0.384. The first-order chi connectivity index (χ1) is 13.7. The van der Waals surface area contributed by atoms with Gasteiger partial charge in [0, 0.05) is 23.1 Å². The molecule has 0 saturated heterocycles. The summed E-state index contributed by atoms with van der Waals surface area (Å²) in [5.74, 6) is -0.0670. The van der Waals surface area contributed by atoms with E-state index in [0.717, 1.165) is 12.8 Å². The minimum Gasteiger partial charge on any atom is -0.476 e. The molecule has 3 rings (SSSR count). The highest BCUT2D eigenvalue weighted by Crippen LogP contribution is 2.39. The van der Waals surface area contributed by atoms with Crippen LogP contribution in [0.1, 0.15) is 46.5 Å². The number of benzene rings is 1. The van der Waals surface area contributed by atoms with Crippen LogP contribution in [0.5, 0.6) is 0 Å². The topological polar surface area (TPSA) is 102 Å². The molecule has 1 aromatic rings. The SMILES string of the molecule is CC1=C(SC2CCCC2)C(=O)N(C(C)(C)C(=O)Nc2cccc([N+](=O)[O-])c2)CO1. The fourth-order valence-electron chi connectivity index (χ4n) is 3.38. The Morgan fingerprint density at radius 1 is 1.34 bits per heavy atom. The number of nitrogens with zero attached hydrogens (tertiary/aromatic N) is 2. The standard InChI is InChI=1S/C20H25N3O5S/c1-13-17(29-16-9-4-5-10-16)18(24)22(12-28-13)20(2,3)19(25)21-14-7-6-8-15(11-14)23(26)27/h6-8,11,16H,4-5,9-10,12H2,1-3H3,(H,21,25). The van der Waals surface area contributed by atoms with E-state index in [9.17, 15) is 19.7 Å². The Hall–Kier alpha value is -2.55. The highest BCUT2D eigenvalue weighted by atomic mass is 32.2. The van der Waals surface area contributed by atoms with E-state index in [-0.39, 0.29) is 18.3 Å². The maximum Gasteiger partial charge on any atom is 0.271 e. The van der Waals surface area contributed by atoms with Crippen molar-refractivity contribution in [1.29, 1.82) is 0 Å². The third-order valence-corrected chi connectivity index (χ3v) is 6.80. The van der Waals surface area contributed by atoms with E-state index in [2.05, 4.69) is 5.32 Å². The second-order valence-corrected chi connectivity index (χ2v) is 9.05. The van der Waals surface area contributed by atoms with Crippen molar-refractivity contribution in [1.82, 2.24) is 4.90 Å². The number of nitrogens with one attached hydrogen (secondary N) is 1. The summed E-state index contributed by atoms with van der Waals surface area (Å²) in [7, 11) is 0. The maximum atomic E-state index is 13.2. The lowest BCUT2D eigenvalue weighted by Gasteiger charge is -2.40. The van der Waals surface area contributed by atoms with Crippen molar-refractivity contribution in [2.24, 2.45) is 0 Å². The van der Waals surface area contributed by atoms with Crippen LogP contribution >= 0.6 is 11.8 Å². The van der Waals surface area contributed by atoms with Crippen LogP contribution in [0.2, 0.25) is 0 Å². The average molecular weight is 420 g/mol. The normalized spacial score (nSPS) is 18.0. The molecule has 1 saturated carbocycles. The molecule has 1 aliphatic carbocycles. The fraction of sp³-hybridized carbons (Fsp3) is 0.500. The van der Waals surface area contributed by atoms with E-state index in [1.165, 1.54) is 35.9 Å². The number of allylic oxidation sites excluding steroid dienone is 1. The van der Waals surface area contributed by atoms with Crippen molar-refractivity contribution in [2.45, 2.75) is 57.2 Å². The lowest BCUT2D eigenvalue weighted by Crippen LogP contribution is -2.57. The third-order valence-electron chi connectivity index (χ3n) is 5.30. The van der Waals surface area contributed by atoms with Gasteiger partial charge in [0.2, 0.25) is 5.91 Å². The zero-order valence-corrected chi connectivity index (χ0v) is 17.6. The molecule has 1 aromatic carbocycles. The highest BCUT2D eigenvalue weighted by molar-refractivity contribution is 8.04. The summed E-state index contributed by atoms with van der Waals surface area (Å²) in [5.41, 5.74) is -1.02. The van der Waals surface area contributed by atoms with Gasteiger partial charge in [0.05, 0.1) is 4.92 Å². The van der Waals surface area contributed by atoms with Crippen molar-refractivity contribution in [3.05, 3.63) is 45.0 Å². The molecule has 0 spiro atoms. The van der Waals surface area contributed by atoms with Gasteiger partial charge in [-0.1, -0.05) is 18.9 Å². The molecule has 9 heteroatoms. The number of anilines is 1. The molecule has 2 aliphatic rings. The number of carbonyl (C=O) groups is 2. The Bertz CT molecular complexity index is 861. The van der Waals surface area contributed by atoms with Crippen LogP contribution < -0.4 is 5.32 Å². The quantitative estimate of drug-likeness (QED) is 0.552. The molecule has 0 bridgehead atoms. The van der Waals surface area contributed by atoms with Crippen molar-refractivity contribution >= 4 is 35.0 Å². The van der Waals surface area contributed by atoms with E-state index in [1.54, 1.807) is 38.6 Å². The van der Waals surface area contributed by atoms with E-state index >= 15 is 0 Å². The zero-order valence-electron chi connectivity index (χ0n) is 16.8. The minimum atomic E-state index is -1.20. The molecule has 8 nitrogen and oxygen atoms in total. The van der Waals surface area contributed by atoms with E-state index < -0.39 is 16.4 Å². The smallest absolute Gasteiger partial charge is 0.271 e. The second-order valence-electron chi connectivity index (χ2n) is 7.74. The van der Waals surface area contributed by atoms with Crippen molar-refractivity contribution < 1.29 is 19.2 Å². The summed E-state index contributed by atoms with van der Waals surface area (Å²) in [6.07, 6.45) is 4.48. The molecule has 0 radical (unpaired) electrons. The third kappa shape index (κ3) is 4.55. The number of non-ortho nitro benzene ring substituents is 1. The predicted octanol–water partition coefficient (Wildman–Crippen LogP) is 4.04. The van der Waals surface area contributed by atoms with Crippen molar-refractivity contribution in [3.63, 3.8) is 0 Å². The molecule has 0 aromatic heterocycles. The number of rotatable bonds is 6. The maximum absolute atomic E-state index is 13.2. The first-order valence-corrected chi connectivity index (χ1v) is 10.5. The van der Waals surface area contributed by atoms with Gasteiger partial charge in [-0.05, 0) is 39.7 Å². The molecule has 1 aliphatic heterocycles. The van der Waals surface area contributed by atoms with E-state index in [1.807, 2.05) is 0 Å². The van der Waals surface area contributed by atoms with Crippen LogP contribution in [-0.2, 0) is 14.3 Å². The van der Waals surface area contributed by atoms with Crippen LogP contribution in [-0.4, -0.2) is 39.2 Å². The Morgan fingerprint density at radius 2 is 2.03 bits per heavy atom. The molecule has 0 atom stereocenters. The van der Waals surface area contributed by atoms with Gasteiger partial charge in [-0.2, -0.15) is 0 Å². The molecular weight excluding hydrogens is 394 g/mol. The minimum absolute atomic E-state index is 0.0191. The van der Waals surface area contributed by atoms with Gasteiger partial charge >= 0.3 is 0 Å². The first kappa shape index (κ1) is 21.2. The van der Waals surface area contributed by atoms with Gasteiger partial charge in [-0.3, -0.25) is 24.6 Å². The number of nitro benzene ring substituents is 1. The number of ether oxygens (including phenoxy) is 1. The number of hydrogen-bond donors (Lipinski definition) is 1. The summed E-state index contributed by atoms with van der Waals surface area (Å²) >= 11 is 1.54. The van der Waals surface area contributed by atoms with Gasteiger partial charge in [0.15, 0.2) is 6.73 Å². The predicted molar refractivity (Wildman–Crippen MR) is 111 cm³/mol. The van der Waals surface area contributed by atoms with Crippen LogP contribution in [0.25, 0.3) is 0 Å². The van der Waals surface area contributed by atoms with Crippen molar-refractivity contribution in [2.75, 3.05) is 12.0 Å². The van der Waals surface area contributed by atoms with Gasteiger partial charge in [0.1, 0.15) is 16.2 Å². The Morgan fingerprint density at radius 3 is 2.69 bits per heavy atom. The molecule has 1 N–H and O–H groups in total. The number of carbonyl (C=O) groups excluding carboxylic acids is 2. The number of amides is 2. The zero-order chi connectivity index (χ0) is 21.2. The first-order valence-electron chi connectivity index (χ1n) is 9.58. The van der Waals surface area contributed by atoms with E-state index in [0.29, 0.717) is 21.6 Å². The molecule has 2 amide bonds.